The molecule has 0 saturated heterocycles. The van der Waals surface area contributed by atoms with Crippen molar-refractivity contribution in [3.05, 3.63) is 65.7 Å². The summed E-state index contributed by atoms with van der Waals surface area (Å²) in [5.74, 6) is 1.40. The topological polar surface area (TPSA) is 29.5 Å². The highest BCUT2D eigenvalue weighted by molar-refractivity contribution is 5.94. The van der Waals surface area contributed by atoms with Crippen molar-refractivity contribution in [3.63, 3.8) is 0 Å². The van der Waals surface area contributed by atoms with Crippen LogP contribution in [0.4, 0.5) is 0 Å². The number of hydrogen-bond donors (Lipinski definition) is 0. The number of amides is 1. The maximum absolute atomic E-state index is 12.5. The number of nitrogens with zero attached hydrogens (tertiary/aromatic N) is 1. The summed E-state index contributed by atoms with van der Waals surface area (Å²) in [4.78, 5) is 14.4. The van der Waals surface area contributed by atoms with Gasteiger partial charge in [0.1, 0.15) is 12.4 Å². The Hall–Kier alpha value is -2.29. The van der Waals surface area contributed by atoms with E-state index in [0.29, 0.717) is 18.1 Å². The predicted octanol–water partition coefficient (Wildman–Crippen LogP) is 4.77. The van der Waals surface area contributed by atoms with Gasteiger partial charge in [-0.05, 0) is 49.1 Å². The van der Waals surface area contributed by atoms with Gasteiger partial charge in [-0.1, -0.05) is 44.2 Å². The molecule has 24 heavy (non-hydrogen) atoms. The van der Waals surface area contributed by atoms with E-state index in [1.54, 1.807) is 0 Å². The van der Waals surface area contributed by atoms with Crippen molar-refractivity contribution >= 4 is 5.91 Å². The van der Waals surface area contributed by atoms with Gasteiger partial charge in [0.25, 0.3) is 5.91 Å². The molecule has 2 aromatic carbocycles. The molecule has 0 fully saturated rings. The predicted molar refractivity (Wildman–Crippen MR) is 98.2 cm³/mol. The third-order valence-corrected chi connectivity index (χ3v) is 4.14. The summed E-state index contributed by atoms with van der Waals surface area (Å²) >= 11 is 0. The molecule has 0 aliphatic rings. The molecule has 3 nitrogen and oxygen atoms in total. The quantitative estimate of drug-likeness (QED) is 0.733. The first kappa shape index (κ1) is 18.1. The summed E-state index contributed by atoms with van der Waals surface area (Å²) in [6.07, 6.45) is 1.00. The second kappa shape index (κ2) is 8.53. The monoisotopic (exact) mass is 325 g/mol. The molecule has 0 N–H and O–H groups in total. The Morgan fingerprint density at radius 1 is 1.00 bits per heavy atom. The summed E-state index contributed by atoms with van der Waals surface area (Å²) in [6.45, 7) is 6.97. The van der Waals surface area contributed by atoms with Crippen molar-refractivity contribution in [2.24, 2.45) is 5.92 Å². The summed E-state index contributed by atoms with van der Waals surface area (Å²) in [6, 6.07) is 17.7. The van der Waals surface area contributed by atoms with Crippen molar-refractivity contribution in [1.82, 2.24) is 4.90 Å². The molecule has 0 bridgehead atoms. The first-order valence-electron chi connectivity index (χ1n) is 8.51. The molecule has 0 radical (unpaired) electrons. The van der Waals surface area contributed by atoms with Gasteiger partial charge >= 0.3 is 0 Å². The van der Waals surface area contributed by atoms with Crippen molar-refractivity contribution in [3.8, 4) is 5.75 Å². The zero-order chi connectivity index (χ0) is 17.5. The fourth-order valence-corrected chi connectivity index (χ4v) is 2.68. The molecule has 0 aliphatic heterocycles. The maximum atomic E-state index is 12.5. The summed E-state index contributed by atoms with van der Waals surface area (Å²) in [5.41, 5.74) is 1.82. The molecule has 0 saturated carbocycles. The van der Waals surface area contributed by atoms with E-state index in [2.05, 4.69) is 20.8 Å². The summed E-state index contributed by atoms with van der Waals surface area (Å²) in [5, 5.41) is 0. The zero-order valence-corrected chi connectivity index (χ0v) is 15.0. The lowest BCUT2D eigenvalue weighted by Crippen LogP contribution is -2.35. The number of hydrogen-bond acceptors (Lipinski definition) is 2. The minimum Gasteiger partial charge on any atom is -0.489 e. The van der Waals surface area contributed by atoms with Gasteiger partial charge < -0.3 is 9.64 Å². The third-order valence-electron chi connectivity index (χ3n) is 4.14. The Balaban J connectivity index is 1.94. The van der Waals surface area contributed by atoms with Crippen LogP contribution in [-0.2, 0) is 6.61 Å². The lowest BCUT2D eigenvalue weighted by atomic mass is 10.0. The summed E-state index contributed by atoms with van der Waals surface area (Å²) < 4.78 is 5.76. The van der Waals surface area contributed by atoms with Crippen molar-refractivity contribution in [2.75, 3.05) is 7.05 Å². The number of ether oxygens (including phenoxy) is 1. The van der Waals surface area contributed by atoms with Crippen LogP contribution < -0.4 is 4.74 Å². The smallest absolute Gasteiger partial charge is 0.253 e. The Morgan fingerprint density at radius 2 is 1.62 bits per heavy atom. The molecular weight excluding hydrogens is 298 g/mol. The molecule has 3 heteroatoms. The van der Waals surface area contributed by atoms with Crippen molar-refractivity contribution < 1.29 is 9.53 Å². The number of rotatable bonds is 7. The van der Waals surface area contributed by atoms with Gasteiger partial charge in [0, 0.05) is 18.7 Å². The van der Waals surface area contributed by atoms with Gasteiger partial charge in [-0.15, -0.1) is 0 Å². The average Bonchev–Trinajstić information content (AvgIpc) is 2.59. The van der Waals surface area contributed by atoms with E-state index in [1.165, 1.54) is 0 Å². The number of carbonyl (C=O) groups is 1. The molecule has 1 amide bonds. The molecule has 0 aliphatic carbocycles. The van der Waals surface area contributed by atoms with Crippen LogP contribution >= 0.6 is 0 Å². The van der Waals surface area contributed by atoms with Crippen molar-refractivity contribution in [2.45, 2.75) is 39.8 Å². The van der Waals surface area contributed by atoms with Crippen LogP contribution in [0.3, 0.4) is 0 Å². The highest BCUT2D eigenvalue weighted by Gasteiger charge is 2.18. The highest BCUT2D eigenvalue weighted by atomic mass is 16.5. The van der Waals surface area contributed by atoms with Crippen LogP contribution in [-0.4, -0.2) is 23.9 Å². The minimum absolute atomic E-state index is 0.0535. The molecule has 2 rings (SSSR count). The van der Waals surface area contributed by atoms with Gasteiger partial charge in [-0.3, -0.25) is 4.79 Å². The van der Waals surface area contributed by atoms with E-state index < -0.39 is 0 Å². The van der Waals surface area contributed by atoms with Crippen LogP contribution in [0.15, 0.2) is 54.6 Å². The SMILES string of the molecule is CC(C)CC(C)N(C)C(=O)c1ccc(OCc2ccccc2)cc1. The Labute approximate surface area is 145 Å². The molecule has 0 aromatic heterocycles. The second-order valence-corrected chi connectivity index (χ2v) is 6.69. The summed E-state index contributed by atoms with van der Waals surface area (Å²) in [7, 11) is 1.87. The molecule has 1 unspecified atom stereocenters. The molecule has 2 aromatic rings. The highest BCUT2D eigenvalue weighted by Crippen LogP contribution is 2.17. The molecule has 0 heterocycles. The number of carbonyl (C=O) groups excluding carboxylic acids is 1. The standard InChI is InChI=1S/C21H27NO2/c1-16(2)14-17(3)22(4)21(23)19-10-12-20(13-11-19)24-15-18-8-6-5-7-9-18/h5-13,16-17H,14-15H2,1-4H3. The van der Waals surface area contributed by atoms with E-state index in [4.69, 9.17) is 4.74 Å². The fraction of sp³-hybridized carbons (Fsp3) is 0.381. The molecule has 0 spiro atoms. The second-order valence-electron chi connectivity index (χ2n) is 6.69. The van der Waals surface area contributed by atoms with Gasteiger partial charge in [-0.25, -0.2) is 0 Å². The fourth-order valence-electron chi connectivity index (χ4n) is 2.68. The average molecular weight is 325 g/mol. The Bertz CT molecular complexity index is 635. The van der Waals surface area contributed by atoms with Gasteiger partial charge in [0.15, 0.2) is 0 Å². The van der Waals surface area contributed by atoms with E-state index in [9.17, 15) is 4.79 Å². The van der Waals surface area contributed by atoms with Gasteiger partial charge in [0.2, 0.25) is 0 Å². The lowest BCUT2D eigenvalue weighted by Gasteiger charge is -2.26. The number of benzene rings is 2. The van der Waals surface area contributed by atoms with E-state index in [1.807, 2.05) is 66.5 Å². The Morgan fingerprint density at radius 3 is 2.21 bits per heavy atom. The van der Waals surface area contributed by atoms with Gasteiger partial charge in [-0.2, -0.15) is 0 Å². The first-order valence-corrected chi connectivity index (χ1v) is 8.51. The largest absolute Gasteiger partial charge is 0.489 e. The maximum Gasteiger partial charge on any atom is 0.253 e. The molecule has 1 atom stereocenters. The van der Waals surface area contributed by atoms with E-state index in [0.717, 1.165) is 17.7 Å². The minimum atomic E-state index is 0.0535. The van der Waals surface area contributed by atoms with Crippen LogP contribution in [0.1, 0.15) is 43.1 Å². The van der Waals surface area contributed by atoms with Crippen LogP contribution in [0.25, 0.3) is 0 Å². The van der Waals surface area contributed by atoms with Crippen LogP contribution in [0.2, 0.25) is 0 Å². The zero-order valence-electron chi connectivity index (χ0n) is 15.0. The van der Waals surface area contributed by atoms with E-state index >= 15 is 0 Å². The third kappa shape index (κ3) is 5.12. The van der Waals surface area contributed by atoms with E-state index in [-0.39, 0.29) is 11.9 Å². The van der Waals surface area contributed by atoms with Crippen LogP contribution in [0, 0.1) is 5.92 Å². The Kier molecular flexibility index (Phi) is 6.42. The molecule has 128 valence electrons. The first-order chi connectivity index (χ1) is 11.5. The lowest BCUT2D eigenvalue weighted by molar-refractivity contribution is 0.0728. The van der Waals surface area contributed by atoms with Crippen LogP contribution in [0.5, 0.6) is 5.75 Å². The molecular formula is C21H27NO2. The normalized spacial score (nSPS) is 12.0. The van der Waals surface area contributed by atoms with Gasteiger partial charge in [0.05, 0.1) is 0 Å². The van der Waals surface area contributed by atoms with Crippen molar-refractivity contribution in [1.29, 1.82) is 0 Å².